The Morgan fingerprint density at radius 3 is 2.87 bits per heavy atom. The van der Waals surface area contributed by atoms with Crippen LogP contribution in [0.15, 0.2) is 6.20 Å². The number of aromatic nitrogens is 2. The minimum atomic E-state index is -0.201. The van der Waals surface area contributed by atoms with E-state index >= 15 is 0 Å². The average molecular weight is 210 g/mol. The Labute approximate surface area is 89.6 Å². The van der Waals surface area contributed by atoms with Gasteiger partial charge in [0.15, 0.2) is 5.69 Å². The molecule has 1 amide bonds. The normalized spacial score (nSPS) is 12.5. The van der Waals surface area contributed by atoms with E-state index in [2.05, 4.69) is 24.3 Å². The van der Waals surface area contributed by atoms with E-state index in [-0.39, 0.29) is 5.91 Å². The van der Waals surface area contributed by atoms with Crippen molar-refractivity contribution in [3.8, 4) is 0 Å². The topological polar surface area (TPSA) is 72.9 Å². The number of carbonyl (C=O) groups excluding carboxylic acids is 1. The lowest BCUT2D eigenvalue weighted by Gasteiger charge is -2.08. The van der Waals surface area contributed by atoms with Crippen LogP contribution in [0.5, 0.6) is 0 Å². The van der Waals surface area contributed by atoms with Crippen molar-refractivity contribution in [1.82, 2.24) is 15.1 Å². The van der Waals surface area contributed by atoms with Gasteiger partial charge in [-0.3, -0.25) is 9.48 Å². The summed E-state index contributed by atoms with van der Waals surface area (Å²) in [5, 5.41) is 6.80. The number of nitrogens with zero attached hydrogens (tertiary/aromatic N) is 2. The van der Waals surface area contributed by atoms with E-state index in [1.165, 1.54) is 4.68 Å². The van der Waals surface area contributed by atoms with Crippen molar-refractivity contribution in [2.24, 2.45) is 13.0 Å². The van der Waals surface area contributed by atoms with Gasteiger partial charge in [0.25, 0.3) is 5.91 Å². The first-order valence-electron chi connectivity index (χ1n) is 5.12. The number of nitrogen functional groups attached to an aromatic ring is 1. The van der Waals surface area contributed by atoms with Crippen LogP contribution in [0, 0.1) is 5.92 Å². The van der Waals surface area contributed by atoms with Crippen molar-refractivity contribution in [3.05, 3.63) is 11.9 Å². The summed E-state index contributed by atoms with van der Waals surface area (Å²) in [4.78, 5) is 11.6. The van der Waals surface area contributed by atoms with E-state index in [1.807, 2.05) is 0 Å². The Hall–Kier alpha value is -1.52. The predicted molar refractivity (Wildman–Crippen MR) is 59.4 cm³/mol. The molecule has 1 unspecified atom stereocenters. The van der Waals surface area contributed by atoms with Gasteiger partial charge in [-0.1, -0.05) is 20.3 Å². The summed E-state index contributed by atoms with van der Waals surface area (Å²) < 4.78 is 1.54. The van der Waals surface area contributed by atoms with Crippen LogP contribution in [-0.2, 0) is 7.05 Å². The Morgan fingerprint density at radius 2 is 2.40 bits per heavy atom. The molecule has 3 N–H and O–H groups in total. The third-order valence-corrected chi connectivity index (χ3v) is 2.38. The van der Waals surface area contributed by atoms with Gasteiger partial charge in [-0.2, -0.15) is 5.10 Å². The summed E-state index contributed by atoms with van der Waals surface area (Å²) in [5.74, 6) is 0.271. The average Bonchev–Trinajstić information content (AvgIpc) is 2.53. The molecule has 1 rings (SSSR count). The fourth-order valence-corrected chi connectivity index (χ4v) is 1.18. The van der Waals surface area contributed by atoms with Crippen LogP contribution in [-0.4, -0.2) is 22.2 Å². The molecule has 1 aromatic rings. The van der Waals surface area contributed by atoms with Crippen LogP contribution in [0.4, 0.5) is 5.69 Å². The fourth-order valence-electron chi connectivity index (χ4n) is 1.18. The van der Waals surface area contributed by atoms with Gasteiger partial charge in [-0.25, -0.2) is 0 Å². The molecule has 0 aromatic carbocycles. The van der Waals surface area contributed by atoms with Crippen LogP contribution in [0.25, 0.3) is 0 Å². The highest BCUT2D eigenvalue weighted by Gasteiger charge is 2.13. The van der Waals surface area contributed by atoms with Crippen molar-refractivity contribution in [3.63, 3.8) is 0 Å². The zero-order valence-corrected chi connectivity index (χ0v) is 9.45. The summed E-state index contributed by atoms with van der Waals surface area (Å²) in [6.07, 6.45) is 2.66. The second-order valence-corrected chi connectivity index (χ2v) is 3.83. The highest BCUT2D eigenvalue weighted by molar-refractivity contribution is 5.96. The van der Waals surface area contributed by atoms with Crippen molar-refractivity contribution < 1.29 is 4.79 Å². The standard InChI is InChI=1S/C10H18N4O/c1-4-7(2)5-12-10(15)9-8(11)6-14(3)13-9/h6-7H,4-5,11H2,1-3H3,(H,12,15). The predicted octanol–water partition coefficient (Wildman–Crippen LogP) is 0.778. The maximum atomic E-state index is 11.6. The second kappa shape index (κ2) is 4.82. The quantitative estimate of drug-likeness (QED) is 0.771. The molecule has 84 valence electrons. The Kier molecular flexibility index (Phi) is 3.71. The van der Waals surface area contributed by atoms with E-state index in [4.69, 9.17) is 5.73 Å². The molecular weight excluding hydrogens is 192 g/mol. The van der Waals surface area contributed by atoms with E-state index < -0.39 is 0 Å². The van der Waals surface area contributed by atoms with E-state index in [0.29, 0.717) is 23.8 Å². The van der Waals surface area contributed by atoms with Gasteiger partial charge in [0.05, 0.1) is 5.69 Å². The molecule has 0 aliphatic carbocycles. The molecule has 15 heavy (non-hydrogen) atoms. The van der Waals surface area contributed by atoms with Crippen LogP contribution < -0.4 is 11.1 Å². The molecule has 0 bridgehead atoms. The minimum absolute atomic E-state index is 0.201. The first-order valence-corrected chi connectivity index (χ1v) is 5.12. The largest absolute Gasteiger partial charge is 0.396 e. The number of nitrogens with one attached hydrogen (secondary N) is 1. The smallest absolute Gasteiger partial charge is 0.273 e. The van der Waals surface area contributed by atoms with Crippen molar-refractivity contribution >= 4 is 11.6 Å². The Balaban J connectivity index is 2.58. The van der Waals surface area contributed by atoms with Crippen molar-refractivity contribution in [1.29, 1.82) is 0 Å². The molecule has 0 aliphatic rings. The lowest BCUT2D eigenvalue weighted by Crippen LogP contribution is -2.29. The molecule has 0 fully saturated rings. The van der Waals surface area contributed by atoms with Gasteiger partial charge in [0.1, 0.15) is 0 Å². The van der Waals surface area contributed by atoms with Gasteiger partial charge in [0.2, 0.25) is 0 Å². The van der Waals surface area contributed by atoms with Crippen molar-refractivity contribution in [2.45, 2.75) is 20.3 Å². The van der Waals surface area contributed by atoms with Gasteiger partial charge in [-0.15, -0.1) is 0 Å². The summed E-state index contributed by atoms with van der Waals surface area (Å²) in [7, 11) is 1.74. The fraction of sp³-hybridized carbons (Fsp3) is 0.600. The number of rotatable bonds is 4. The number of hydrogen-bond donors (Lipinski definition) is 2. The molecule has 0 saturated carbocycles. The number of nitrogens with two attached hydrogens (primary N) is 1. The first kappa shape index (κ1) is 11.6. The van der Waals surface area contributed by atoms with Gasteiger partial charge >= 0.3 is 0 Å². The van der Waals surface area contributed by atoms with Gasteiger partial charge in [-0.05, 0) is 5.92 Å². The molecule has 0 aliphatic heterocycles. The number of aryl methyl sites for hydroxylation is 1. The molecule has 0 spiro atoms. The number of anilines is 1. The molecule has 1 aromatic heterocycles. The lowest BCUT2D eigenvalue weighted by atomic mass is 10.1. The zero-order chi connectivity index (χ0) is 11.4. The number of amides is 1. The molecule has 0 radical (unpaired) electrons. The molecule has 5 nitrogen and oxygen atoms in total. The maximum Gasteiger partial charge on any atom is 0.273 e. The van der Waals surface area contributed by atoms with E-state index in [0.717, 1.165) is 6.42 Å². The van der Waals surface area contributed by atoms with Crippen LogP contribution >= 0.6 is 0 Å². The minimum Gasteiger partial charge on any atom is -0.396 e. The third-order valence-electron chi connectivity index (χ3n) is 2.38. The summed E-state index contributed by atoms with van der Waals surface area (Å²) in [5.41, 5.74) is 6.36. The highest BCUT2D eigenvalue weighted by atomic mass is 16.1. The number of hydrogen-bond acceptors (Lipinski definition) is 3. The third kappa shape index (κ3) is 2.97. The Bertz CT molecular complexity index is 345. The molecule has 5 heteroatoms. The van der Waals surface area contributed by atoms with E-state index in [1.54, 1.807) is 13.2 Å². The Morgan fingerprint density at radius 1 is 1.73 bits per heavy atom. The van der Waals surface area contributed by atoms with E-state index in [9.17, 15) is 4.79 Å². The summed E-state index contributed by atoms with van der Waals surface area (Å²) >= 11 is 0. The summed E-state index contributed by atoms with van der Waals surface area (Å²) in [6, 6.07) is 0. The molecule has 1 atom stereocenters. The van der Waals surface area contributed by atoms with Crippen LogP contribution in [0.3, 0.4) is 0 Å². The lowest BCUT2D eigenvalue weighted by molar-refractivity contribution is 0.0943. The zero-order valence-electron chi connectivity index (χ0n) is 9.45. The highest BCUT2D eigenvalue weighted by Crippen LogP contribution is 2.07. The molecular formula is C10H18N4O. The maximum absolute atomic E-state index is 11.6. The first-order chi connectivity index (χ1) is 7.04. The monoisotopic (exact) mass is 210 g/mol. The molecule has 0 saturated heterocycles. The van der Waals surface area contributed by atoms with Crippen LogP contribution in [0.2, 0.25) is 0 Å². The summed E-state index contributed by atoms with van der Waals surface area (Å²) in [6.45, 7) is 4.83. The van der Waals surface area contributed by atoms with Gasteiger partial charge in [0, 0.05) is 19.8 Å². The second-order valence-electron chi connectivity index (χ2n) is 3.83. The van der Waals surface area contributed by atoms with Crippen LogP contribution in [0.1, 0.15) is 30.8 Å². The number of carbonyl (C=O) groups is 1. The van der Waals surface area contributed by atoms with Gasteiger partial charge < -0.3 is 11.1 Å². The molecule has 1 heterocycles. The SMILES string of the molecule is CCC(C)CNC(=O)c1nn(C)cc1N. The van der Waals surface area contributed by atoms with Crippen molar-refractivity contribution in [2.75, 3.05) is 12.3 Å².